The van der Waals surface area contributed by atoms with Gasteiger partial charge in [-0.2, -0.15) is 0 Å². The zero-order valence-electron chi connectivity index (χ0n) is 15.8. The number of nitrogens with zero attached hydrogens (tertiary/aromatic N) is 2. The molecule has 0 saturated carbocycles. The quantitative estimate of drug-likeness (QED) is 0.706. The van der Waals surface area contributed by atoms with Crippen molar-refractivity contribution in [3.8, 4) is 5.75 Å². The van der Waals surface area contributed by atoms with Gasteiger partial charge in [-0.1, -0.05) is 36.4 Å². The van der Waals surface area contributed by atoms with E-state index in [1.807, 2.05) is 61.5 Å². The Hall–Kier alpha value is -3.34. The van der Waals surface area contributed by atoms with Crippen LogP contribution in [-0.4, -0.2) is 29.9 Å². The maximum Gasteiger partial charge on any atom is 0.272 e. The first kappa shape index (κ1) is 18.5. The highest BCUT2D eigenvalue weighted by Gasteiger charge is 2.14. The maximum absolute atomic E-state index is 12.7. The molecule has 138 valence electrons. The number of ether oxygens (including phenoxy) is 1. The Bertz CT molecular complexity index is 926. The maximum atomic E-state index is 12.7. The molecule has 1 amide bonds. The predicted molar refractivity (Wildman–Crippen MR) is 107 cm³/mol. The van der Waals surface area contributed by atoms with Crippen molar-refractivity contribution in [2.75, 3.05) is 19.5 Å². The van der Waals surface area contributed by atoms with Gasteiger partial charge in [0.15, 0.2) is 0 Å². The van der Waals surface area contributed by atoms with Crippen molar-refractivity contribution in [2.45, 2.75) is 13.5 Å². The van der Waals surface area contributed by atoms with Gasteiger partial charge >= 0.3 is 0 Å². The SMILES string of the molecule is COc1ccc(C)cc1Nc1ccnc(C(=O)N(C)Cc2ccccc2)c1. The number of amides is 1. The second kappa shape index (κ2) is 8.36. The zero-order chi connectivity index (χ0) is 19.2. The number of aromatic nitrogens is 1. The molecule has 3 aromatic rings. The van der Waals surface area contributed by atoms with E-state index < -0.39 is 0 Å². The molecule has 5 nitrogen and oxygen atoms in total. The van der Waals surface area contributed by atoms with Crippen molar-refractivity contribution in [3.05, 3.63) is 83.7 Å². The molecule has 1 heterocycles. The predicted octanol–water partition coefficient (Wildman–Crippen LogP) is 4.41. The van der Waals surface area contributed by atoms with Gasteiger partial charge in [0, 0.05) is 25.5 Å². The number of anilines is 2. The third kappa shape index (κ3) is 4.64. The second-order valence-corrected chi connectivity index (χ2v) is 6.41. The lowest BCUT2D eigenvalue weighted by atomic mass is 10.2. The van der Waals surface area contributed by atoms with Crippen LogP contribution in [0, 0.1) is 6.92 Å². The first-order valence-electron chi connectivity index (χ1n) is 8.74. The van der Waals surface area contributed by atoms with E-state index in [1.54, 1.807) is 31.3 Å². The number of rotatable bonds is 6. The first-order valence-corrected chi connectivity index (χ1v) is 8.74. The van der Waals surface area contributed by atoms with Crippen molar-refractivity contribution in [1.82, 2.24) is 9.88 Å². The van der Waals surface area contributed by atoms with Crippen LogP contribution in [0.5, 0.6) is 5.75 Å². The monoisotopic (exact) mass is 361 g/mol. The van der Waals surface area contributed by atoms with Crippen LogP contribution >= 0.6 is 0 Å². The topological polar surface area (TPSA) is 54.5 Å². The number of pyridine rings is 1. The van der Waals surface area contributed by atoms with Gasteiger partial charge in [0.05, 0.1) is 12.8 Å². The van der Waals surface area contributed by atoms with Crippen molar-refractivity contribution in [2.24, 2.45) is 0 Å². The number of hydrogen-bond acceptors (Lipinski definition) is 4. The molecule has 3 rings (SSSR count). The molecule has 0 bridgehead atoms. The highest BCUT2D eigenvalue weighted by Crippen LogP contribution is 2.28. The number of hydrogen-bond donors (Lipinski definition) is 1. The van der Waals surface area contributed by atoms with Gasteiger partial charge in [0.1, 0.15) is 11.4 Å². The summed E-state index contributed by atoms with van der Waals surface area (Å²) >= 11 is 0. The smallest absolute Gasteiger partial charge is 0.272 e. The fourth-order valence-corrected chi connectivity index (χ4v) is 2.82. The lowest BCUT2D eigenvalue weighted by molar-refractivity contribution is 0.0779. The summed E-state index contributed by atoms with van der Waals surface area (Å²) in [4.78, 5) is 18.6. The number of carbonyl (C=O) groups is 1. The van der Waals surface area contributed by atoms with Crippen molar-refractivity contribution >= 4 is 17.3 Å². The third-order valence-corrected chi connectivity index (χ3v) is 4.22. The highest BCUT2D eigenvalue weighted by molar-refractivity contribution is 5.93. The fourth-order valence-electron chi connectivity index (χ4n) is 2.82. The van der Waals surface area contributed by atoms with Crippen LogP contribution in [0.2, 0.25) is 0 Å². The number of aryl methyl sites for hydroxylation is 1. The molecule has 0 atom stereocenters. The molecule has 5 heteroatoms. The van der Waals surface area contributed by atoms with E-state index in [4.69, 9.17) is 4.74 Å². The lowest BCUT2D eigenvalue weighted by Crippen LogP contribution is -2.27. The van der Waals surface area contributed by atoms with Crippen molar-refractivity contribution in [3.63, 3.8) is 0 Å². The Labute approximate surface area is 159 Å². The summed E-state index contributed by atoms with van der Waals surface area (Å²) in [5.41, 5.74) is 4.22. The Balaban J connectivity index is 1.77. The minimum absolute atomic E-state index is 0.126. The lowest BCUT2D eigenvalue weighted by Gasteiger charge is -2.17. The normalized spacial score (nSPS) is 10.3. The standard InChI is InChI=1S/C22H23N3O2/c1-16-9-10-21(27-3)19(13-16)24-18-11-12-23-20(14-18)22(26)25(2)15-17-7-5-4-6-8-17/h4-14H,15H2,1-3H3,(H,23,24). The summed E-state index contributed by atoms with van der Waals surface area (Å²) in [5, 5.41) is 3.31. The highest BCUT2D eigenvalue weighted by atomic mass is 16.5. The van der Waals surface area contributed by atoms with Crippen LogP contribution in [0.1, 0.15) is 21.6 Å². The van der Waals surface area contributed by atoms with E-state index in [0.717, 1.165) is 28.3 Å². The van der Waals surface area contributed by atoms with Crippen LogP contribution in [-0.2, 0) is 6.54 Å². The molecule has 0 spiro atoms. The molecule has 27 heavy (non-hydrogen) atoms. The number of carbonyl (C=O) groups excluding carboxylic acids is 1. The first-order chi connectivity index (χ1) is 13.1. The fraction of sp³-hybridized carbons (Fsp3) is 0.182. The molecule has 1 N–H and O–H groups in total. The minimum atomic E-state index is -0.126. The van der Waals surface area contributed by atoms with E-state index in [2.05, 4.69) is 10.3 Å². The van der Waals surface area contributed by atoms with E-state index in [1.165, 1.54) is 0 Å². The largest absolute Gasteiger partial charge is 0.495 e. The minimum Gasteiger partial charge on any atom is -0.495 e. The van der Waals surface area contributed by atoms with Crippen molar-refractivity contribution < 1.29 is 9.53 Å². The molecule has 0 aliphatic carbocycles. The summed E-state index contributed by atoms with van der Waals surface area (Å²) in [6.07, 6.45) is 1.63. The van der Waals surface area contributed by atoms with Gasteiger partial charge in [-0.3, -0.25) is 9.78 Å². The van der Waals surface area contributed by atoms with Crippen LogP contribution < -0.4 is 10.1 Å². The second-order valence-electron chi connectivity index (χ2n) is 6.41. The van der Waals surface area contributed by atoms with Crippen LogP contribution in [0.15, 0.2) is 66.9 Å². The molecule has 2 aromatic carbocycles. The van der Waals surface area contributed by atoms with Gasteiger partial charge in [0.2, 0.25) is 0 Å². The summed E-state index contributed by atoms with van der Waals surface area (Å²) in [7, 11) is 3.41. The molecule has 0 aliphatic heterocycles. The van der Waals surface area contributed by atoms with Gasteiger partial charge in [-0.05, 0) is 42.3 Å². The Morgan fingerprint density at radius 3 is 2.63 bits per heavy atom. The van der Waals surface area contributed by atoms with E-state index in [0.29, 0.717) is 12.2 Å². The van der Waals surface area contributed by atoms with E-state index in [-0.39, 0.29) is 5.91 Å². The molecular formula is C22H23N3O2. The zero-order valence-corrected chi connectivity index (χ0v) is 15.8. The molecular weight excluding hydrogens is 338 g/mol. The van der Waals surface area contributed by atoms with Gasteiger partial charge in [-0.15, -0.1) is 0 Å². The summed E-state index contributed by atoms with van der Waals surface area (Å²) in [6.45, 7) is 2.55. The molecule has 0 unspecified atom stereocenters. The average molecular weight is 361 g/mol. The van der Waals surface area contributed by atoms with E-state index >= 15 is 0 Å². The molecule has 1 aromatic heterocycles. The van der Waals surface area contributed by atoms with Gasteiger partial charge in [-0.25, -0.2) is 0 Å². The molecule has 0 aliphatic rings. The Morgan fingerprint density at radius 2 is 1.89 bits per heavy atom. The Morgan fingerprint density at radius 1 is 1.11 bits per heavy atom. The number of benzene rings is 2. The number of methoxy groups -OCH3 is 1. The molecule has 0 radical (unpaired) electrons. The summed E-state index contributed by atoms with van der Waals surface area (Å²) < 4.78 is 5.40. The molecule has 0 saturated heterocycles. The van der Waals surface area contributed by atoms with Crippen LogP contribution in [0.3, 0.4) is 0 Å². The summed E-state index contributed by atoms with van der Waals surface area (Å²) in [5.74, 6) is 0.616. The average Bonchev–Trinajstić information content (AvgIpc) is 2.68. The molecule has 0 fully saturated rings. The van der Waals surface area contributed by atoms with Gasteiger partial charge in [0.25, 0.3) is 5.91 Å². The van der Waals surface area contributed by atoms with E-state index in [9.17, 15) is 4.79 Å². The van der Waals surface area contributed by atoms with Gasteiger partial charge < -0.3 is 15.0 Å². The Kier molecular flexibility index (Phi) is 5.71. The third-order valence-electron chi connectivity index (χ3n) is 4.22. The van der Waals surface area contributed by atoms with Crippen molar-refractivity contribution in [1.29, 1.82) is 0 Å². The van der Waals surface area contributed by atoms with Crippen LogP contribution in [0.4, 0.5) is 11.4 Å². The number of nitrogens with one attached hydrogen (secondary N) is 1. The summed E-state index contributed by atoms with van der Waals surface area (Å²) in [6, 6.07) is 19.4. The van der Waals surface area contributed by atoms with Crippen LogP contribution in [0.25, 0.3) is 0 Å².